The molecule has 0 aliphatic rings. The summed E-state index contributed by atoms with van der Waals surface area (Å²) in [6, 6.07) is 0. The average Bonchev–Trinajstić information content (AvgIpc) is 2.44. The fourth-order valence-electron chi connectivity index (χ4n) is 2.62. The van der Waals surface area contributed by atoms with Gasteiger partial charge in [0.05, 0.1) is 0 Å². The fourth-order valence-corrected chi connectivity index (χ4v) is 2.62. The van der Waals surface area contributed by atoms with E-state index in [0.29, 0.717) is 19.1 Å². The van der Waals surface area contributed by atoms with Crippen LogP contribution in [0.2, 0.25) is 0 Å². The molecule has 0 saturated heterocycles. The zero-order valence-corrected chi connectivity index (χ0v) is 13.1. The second-order valence-corrected chi connectivity index (χ2v) is 5.89. The molecule has 0 amide bonds. The highest BCUT2D eigenvalue weighted by molar-refractivity contribution is 4.59. The van der Waals surface area contributed by atoms with Crippen LogP contribution in [0.15, 0.2) is 0 Å². The minimum atomic E-state index is 0.307. The summed E-state index contributed by atoms with van der Waals surface area (Å²) in [6.45, 7) is 2.91. The van der Waals surface area contributed by atoms with Gasteiger partial charge in [-0.25, -0.2) is 0 Å². The van der Waals surface area contributed by atoms with Gasteiger partial charge in [-0.05, 0) is 25.2 Å². The maximum absolute atomic E-state index is 9.33. The van der Waals surface area contributed by atoms with Crippen LogP contribution < -0.4 is 0 Å². The highest BCUT2D eigenvalue weighted by Crippen LogP contribution is 2.18. The van der Waals surface area contributed by atoms with Crippen molar-refractivity contribution in [1.29, 1.82) is 0 Å². The molecule has 0 aromatic carbocycles. The number of unbranched alkanes of at least 4 members (excludes halogenated alkanes) is 9. The van der Waals surface area contributed by atoms with Gasteiger partial charge in [0.15, 0.2) is 0 Å². The Morgan fingerprint density at radius 2 is 1.11 bits per heavy atom. The molecule has 2 N–H and O–H groups in total. The average molecular weight is 272 g/mol. The Morgan fingerprint density at radius 1 is 0.632 bits per heavy atom. The molecule has 1 atom stereocenters. The Kier molecular flexibility index (Phi) is 15.9. The van der Waals surface area contributed by atoms with Gasteiger partial charge in [-0.1, -0.05) is 71.1 Å². The summed E-state index contributed by atoms with van der Waals surface area (Å²) in [5.41, 5.74) is 0. The molecule has 0 aliphatic heterocycles. The van der Waals surface area contributed by atoms with Crippen molar-refractivity contribution >= 4 is 0 Å². The Morgan fingerprint density at radius 3 is 1.58 bits per heavy atom. The van der Waals surface area contributed by atoms with Crippen molar-refractivity contribution in [2.24, 2.45) is 5.92 Å². The van der Waals surface area contributed by atoms with E-state index in [1.807, 2.05) is 0 Å². The van der Waals surface area contributed by atoms with Crippen LogP contribution >= 0.6 is 0 Å². The third-order valence-electron chi connectivity index (χ3n) is 3.99. The zero-order chi connectivity index (χ0) is 14.2. The predicted octanol–water partition coefficient (Wildman–Crippen LogP) is 4.68. The van der Waals surface area contributed by atoms with Crippen LogP contribution in [-0.4, -0.2) is 23.4 Å². The molecule has 0 heterocycles. The fraction of sp³-hybridized carbons (Fsp3) is 1.00. The number of rotatable bonds is 15. The van der Waals surface area contributed by atoms with E-state index in [9.17, 15) is 5.11 Å². The SMILES string of the molecule is CCCCCCCCCCC(CO)CCCCCO. The molecular formula is C17H36O2. The number of aliphatic hydroxyl groups is 2. The van der Waals surface area contributed by atoms with Crippen LogP contribution in [0, 0.1) is 5.92 Å². The lowest BCUT2D eigenvalue weighted by atomic mass is 9.95. The van der Waals surface area contributed by atoms with E-state index in [0.717, 1.165) is 25.7 Å². The minimum absolute atomic E-state index is 0.307. The maximum Gasteiger partial charge on any atom is 0.0459 e. The van der Waals surface area contributed by atoms with Crippen molar-refractivity contribution in [3.63, 3.8) is 0 Å². The van der Waals surface area contributed by atoms with Gasteiger partial charge in [-0.15, -0.1) is 0 Å². The number of aliphatic hydroxyl groups excluding tert-OH is 2. The van der Waals surface area contributed by atoms with Crippen molar-refractivity contribution in [3.05, 3.63) is 0 Å². The molecule has 1 unspecified atom stereocenters. The topological polar surface area (TPSA) is 40.5 Å². The standard InChI is InChI=1S/C17H36O2/c1-2-3-4-5-6-7-8-10-13-17(16-19)14-11-9-12-15-18/h17-19H,2-16H2,1H3. The van der Waals surface area contributed by atoms with E-state index in [1.54, 1.807) is 0 Å². The highest BCUT2D eigenvalue weighted by Gasteiger charge is 2.06. The normalized spacial score (nSPS) is 12.8. The summed E-state index contributed by atoms with van der Waals surface area (Å²) < 4.78 is 0. The molecule has 0 aromatic rings. The van der Waals surface area contributed by atoms with E-state index in [2.05, 4.69) is 6.92 Å². The molecule has 2 heteroatoms. The molecule has 0 aromatic heterocycles. The van der Waals surface area contributed by atoms with Crippen molar-refractivity contribution in [2.75, 3.05) is 13.2 Å². The van der Waals surface area contributed by atoms with Gasteiger partial charge in [0.1, 0.15) is 0 Å². The molecule has 0 spiro atoms. The summed E-state index contributed by atoms with van der Waals surface area (Å²) in [7, 11) is 0. The smallest absolute Gasteiger partial charge is 0.0459 e. The van der Waals surface area contributed by atoms with E-state index >= 15 is 0 Å². The summed E-state index contributed by atoms with van der Waals surface area (Å²) in [4.78, 5) is 0. The number of hydrogen-bond acceptors (Lipinski definition) is 2. The Labute approximate surface area is 120 Å². The van der Waals surface area contributed by atoms with Crippen molar-refractivity contribution < 1.29 is 10.2 Å². The van der Waals surface area contributed by atoms with E-state index < -0.39 is 0 Å². The second-order valence-electron chi connectivity index (χ2n) is 5.89. The largest absolute Gasteiger partial charge is 0.396 e. The lowest BCUT2D eigenvalue weighted by Gasteiger charge is -2.13. The predicted molar refractivity (Wildman–Crippen MR) is 83.4 cm³/mol. The first kappa shape index (κ1) is 18.9. The van der Waals surface area contributed by atoms with Crippen LogP contribution in [0.4, 0.5) is 0 Å². The summed E-state index contributed by atoms with van der Waals surface area (Å²) in [6.07, 6.45) is 16.4. The zero-order valence-electron chi connectivity index (χ0n) is 13.1. The van der Waals surface area contributed by atoms with Crippen LogP contribution in [-0.2, 0) is 0 Å². The van der Waals surface area contributed by atoms with Gasteiger partial charge < -0.3 is 10.2 Å². The lowest BCUT2D eigenvalue weighted by Crippen LogP contribution is -2.06. The molecule has 19 heavy (non-hydrogen) atoms. The maximum atomic E-state index is 9.33. The minimum Gasteiger partial charge on any atom is -0.396 e. The molecule has 0 radical (unpaired) electrons. The Bertz CT molecular complexity index is 159. The third-order valence-corrected chi connectivity index (χ3v) is 3.99. The van der Waals surface area contributed by atoms with Gasteiger partial charge in [-0.3, -0.25) is 0 Å². The molecule has 0 rings (SSSR count). The molecule has 0 aliphatic carbocycles. The third kappa shape index (κ3) is 14.1. The van der Waals surface area contributed by atoms with Crippen molar-refractivity contribution in [1.82, 2.24) is 0 Å². The van der Waals surface area contributed by atoms with Gasteiger partial charge in [0, 0.05) is 13.2 Å². The quantitative estimate of drug-likeness (QED) is 0.425. The molecule has 2 nitrogen and oxygen atoms in total. The van der Waals surface area contributed by atoms with Crippen molar-refractivity contribution in [2.45, 2.75) is 90.4 Å². The van der Waals surface area contributed by atoms with Gasteiger partial charge in [0.2, 0.25) is 0 Å². The van der Waals surface area contributed by atoms with E-state index in [1.165, 1.54) is 57.8 Å². The molecule has 0 saturated carbocycles. The molecule has 0 bridgehead atoms. The Hall–Kier alpha value is -0.0800. The monoisotopic (exact) mass is 272 g/mol. The summed E-state index contributed by atoms with van der Waals surface area (Å²) in [5, 5.41) is 18.1. The molecule has 116 valence electrons. The number of hydrogen-bond donors (Lipinski definition) is 2. The first-order valence-corrected chi connectivity index (χ1v) is 8.56. The first-order chi connectivity index (χ1) is 9.35. The van der Waals surface area contributed by atoms with Crippen LogP contribution in [0.3, 0.4) is 0 Å². The highest BCUT2D eigenvalue weighted by atomic mass is 16.3. The van der Waals surface area contributed by atoms with Gasteiger partial charge in [0.25, 0.3) is 0 Å². The summed E-state index contributed by atoms with van der Waals surface area (Å²) >= 11 is 0. The van der Waals surface area contributed by atoms with E-state index in [-0.39, 0.29) is 0 Å². The second kappa shape index (κ2) is 16.0. The van der Waals surface area contributed by atoms with Gasteiger partial charge >= 0.3 is 0 Å². The van der Waals surface area contributed by atoms with Crippen LogP contribution in [0.5, 0.6) is 0 Å². The van der Waals surface area contributed by atoms with Crippen LogP contribution in [0.25, 0.3) is 0 Å². The molecule has 0 fully saturated rings. The molecular weight excluding hydrogens is 236 g/mol. The first-order valence-electron chi connectivity index (χ1n) is 8.56. The lowest BCUT2D eigenvalue weighted by molar-refractivity contribution is 0.202. The van der Waals surface area contributed by atoms with Crippen molar-refractivity contribution in [3.8, 4) is 0 Å². The Balaban J connectivity index is 3.26. The summed E-state index contributed by atoms with van der Waals surface area (Å²) in [5.74, 6) is 0.499. The van der Waals surface area contributed by atoms with E-state index in [4.69, 9.17) is 5.11 Å². The van der Waals surface area contributed by atoms with Gasteiger partial charge in [-0.2, -0.15) is 0 Å². The van der Waals surface area contributed by atoms with Crippen LogP contribution in [0.1, 0.15) is 90.4 Å².